The van der Waals surface area contributed by atoms with Gasteiger partial charge in [0.15, 0.2) is 0 Å². The number of nitrogens with zero attached hydrogens (tertiary/aromatic N) is 1. The van der Waals surface area contributed by atoms with Crippen molar-refractivity contribution in [2.45, 2.75) is 33.2 Å². The first-order chi connectivity index (χ1) is 6.74. The number of likely N-dealkylation sites (N-methyl/N-ethyl adjacent to an activating group) is 1. The van der Waals surface area contributed by atoms with Crippen LogP contribution in [0.1, 0.15) is 27.2 Å². The molecule has 0 amide bonds. The zero-order valence-electron chi connectivity index (χ0n) is 10.2. The van der Waals surface area contributed by atoms with E-state index in [1.165, 1.54) is 6.42 Å². The Balaban J connectivity index is 3.57. The third-order valence-corrected chi connectivity index (χ3v) is 2.33. The van der Waals surface area contributed by atoms with Crippen molar-refractivity contribution in [1.82, 2.24) is 10.2 Å². The van der Waals surface area contributed by atoms with E-state index in [1.54, 1.807) is 7.11 Å². The van der Waals surface area contributed by atoms with Gasteiger partial charge in [-0.25, -0.2) is 0 Å². The Bertz CT molecular complexity index is 120. The fraction of sp³-hybridized carbons (Fsp3) is 1.00. The van der Waals surface area contributed by atoms with E-state index in [0.29, 0.717) is 6.04 Å². The van der Waals surface area contributed by atoms with Crippen molar-refractivity contribution in [2.75, 3.05) is 39.9 Å². The highest BCUT2D eigenvalue weighted by Gasteiger charge is 2.06. The van der Waals surface area contributed by atoms with Crippen LogP contribution in [0.25, 0.3) is 0 Å². The Labute approximate surface area is 88.8 Å². The summed E-state index contributed by atoms with van der Waals surface area (Å²) in [5.74, 6) is 0. The van der Waals surface area contributed by atoms with Gasteiger partial charge in [0.2, 0.25) is 0 Å². The van der Waals surface area contributed by atoms with Crippen LogP contribution in [0.3, 0.4) is 0 Å². The van der Waals surface area contributed by atoms with Crippen LogP contribution in [0.4, 0.5) is 0 Å². The molecule has 0 aliphatic rings. The van der Waals surface area contributed by atoms with Gasteiger partial charge in [0.25, 0.3) is 0 Å². The summed E-state index contributed by atoms with van der Waals surface area (Å²) in [6, 6.07) is 0.576. The van der Waals surface area contributed by atoms with Gasteiger partial charge in [-0.15, -0.1) is 0 Å². The fourth-order valence-electron chi connectivity index (χ4n) is 1.44. The highest BCUT2D eigenvalue weighted by Crippen LogP contribution is 1.92. The number of hydrogen-bond donors (Lipinski definition) is 1. The van der Waals surface area contributed by atoms with Crippen LogP contribution >= 0.6 is 0 Å². The van der Waals surface area contributed by atoms with Crippen molar-refractivity contribution < 1.29 is 4.74 Å². The number of nitrogens with one attached hydrogen (secondary N) is 1. The van der Waals surface area contributed by atoms with Crippen molar-refractivity contribution >= 4 is 0 Å². The minimum absolute atomic E-state index is 0.576. The van der Waals surface area contributed by atoms with E-state index in [0.717, 1.165) is 32.8 Å². The maximum absolute atomic E-state index is 5.07. The van der Waals surface area contributed by atoms with Gasteiger partial charge < -0.3 is 10.1 Å². The van der Waals surface area contributed by atoms with E-state index in [4.69, 9.17) is 4.74 Å². The molecule has 1 atom stereocenters. The third kappa shape index (κ3) is 7.30. The summed E-state index contributed by atoms with van der Waals surface area (Å²) in [5, 5.41) is 3.49. The van der Waals surface area contributed by atoms with Gasteiger partial charge in [0.1, 0.15) is 0 Å². The fourth-order valence-corrected chi connectivity index (χ4v) is 1.44. The van der Waals surface area contributed by atoms with Crippen molar-refractivity contribution in [1.29, 1.82) is 0 Å². The van der Waals surface area contributed by atoms with Gasteiger partial charge in [0.05, 0.1) is 6.61 Å². The molecule has 0 heterocycles. The van der Waals surface area contributed by atoms with Gasteiger partial charge in [-0.3, -0.25) is 4.90 Å². The smallest absolute Gasteiger partial charge is 0.0589 e. The monoisotopic (exact) mass is 202 g/mol. The first-order valence-corrected chi connectivity index (χ1v) is 5.69. The highest BCUT2D eigenvalue weighted by molar-refractivity contribution is 4.66. The standard InChI is InChI=1S/C11H26N2O/c1-5-7-12-11(3)10-13(6-2)8-9-14-4/h11-12H,5-10H2,1-4H3. The lowest BCUT2D eigenvalue weighted by Crippen LogP contribution is -2.40. The average molecular weight is 202 g/mol. The van der Waals surface area contributed by atoms with Gasteiger partial charge >= 0.3 is 0 Å². The largest absolute Gasteiger partial charge is 0.383 e. The summed E-state index contributed by atoms with van der Waals surface area (Å²) in [4.78, 5) is 2.41. The summed E-state index contributed by atoms with van der Waals surface area (Å²) < 4.78 is 5.07. The predicted octanol–water partition coefficient (Wildman–Crippen LogP) is 1.34. The Morgan fingerprint density at radius 2 is 2.07 bits per heavy atom. The van der Waals surface area contributed by atoms with Crippen LogP contribution in [0.15, 0.2) is 0 Å². The van der Waals surface area contributed by atoms with Crippen LogP contribution < -0.4 is 5.32 Å². The van der Waals surface area contributed by atoms with E-state index in [-0.39, 0.29) is 0 Å². The molecule has 0 aromatic carbocycles. The van der Waals surface area contributed by atoms with Gasteiger partial charge in [0, 0.05) is 26.2 Å². The predicted molar refractivity (Wildman–Crippen MR) is 61.7 cm³/mol. The van der Waals surface area contributed by atoms with Crippen LogP contribution in [0, 0.1) is 0 Å². The summed E-state index contributed by atoms with van der Waals surface area (Å²) >= 11 is 0. The second kappa shape index (κ2) is 9.44. The molecule has 0 aromatic rings. The quantitative estimate of drug-likeness (QED) is 0.611. The minimum Gasteiger partial charge on any atom is -0.383 e. The SMILES string of the molecule is CCCNC(C)CN(CC)CCOC. The Hall–Kier alpha value is -0.120. The van der Waals surface area contributed by atoms with Crippen molar-refractivity contribution in [3.63, 3.8) is 0 Å². The molecule has 0 aliphatic carbocycles. The minimum atomic E-state index is 0.576. The summed E-state index contributed by atoms with van der Waals surface area (Å²) in [6.07, 6.45) is 1.20. The maximum atomic E-state index is 5.07. The third-order valence-electron chi connectivity index (χ3n) is 2.33. The van der Waals surface area contributed by atoms with Crippen molar-refractivity contribution in [3.05, 3.63) is 0 Å². The van der Waals surface area contributed by atoms with E-state index in [9.17, 15) is 0 Å². The summed E-state index contributed by atoms with van der Waals surface area (Å²) in [5.41, 5.74) is 0. The molecular formula is C11H26N2O. The van der Waals surface area contributed by atoms with Crippen LogP contribution in [-0.2, 0) is 4.74 Å². The molecule has 14 heavy (non-hydrogen) atoms. The van der Waals surface area contributed by atoms with Gasteiger partial charge in [-0.05, 0) is 26.4 Å². The van der Waals surface area contributed by atoms with E-state index in [2.05, 4.69) is 31.0 Å². The zero-order valence-corrected chi connectivity index (χ0v) is 10.2. The molecule has 0 aromatic heterocycles. The topological polar surface area (TPSA) is 24.5 Å². The van der Waals surface area contributed by atoms with E-state index in [1.807, 2.05) is 0 Å². The maximum Gasteiger partial charge on any atom is 0.0589 e. The molecule has 86 valence electrons. The van der Waals surface area contributed by atoms with Crippen LogP contribution in [-0.4, -0.2) is 50.8 Å². The number of ether oxygens (including phenoxy) is 1. The molecule has 0 saturated carbocycles. The number of methoxy groups -OCH3 is 1. The molecule has 1 N–H and O–H groups in total. The number of rotatable bonds is 9. The van der Waals surface area contributed by atoms with Crippen LogP contribution in [0.2, 0.25) is 0 Å². The lowest BCUT2D eigenvalue weighted by molar-refractivity contribution is 0.145. The Morgan fingerprint density at radius 3 is 2.57 bits per heavy atom. The summed E-state index contributed by atoms with van der Waals surface area (Å²) in [7, 11) is 1.76. The molecule has 1 unspecified atom stereocenters. The van der Waals surface area contributed by atoms with Crippen molar-refractivity contribution in [3.8, 4) is 0 Å². The second-order valence-corrected chi connectivity index (χ2v) is 3.74. The zero-order chi connectivity index (χ0) is 10.8. The molecule has 3 heteroatoms. The summed E-state index contributed by atoms with van der Waals surface area (Å²) in [6.45, 7) is 11.8. The van der Waals surface area contributed by atoms with E-state index < -0.39 is 0 Å². The molecule has 0 radical (unpaired) electrons. The second-order valence-electron chi connectivity index (χ2n) is 3.74. The number of hydrogen-bond acceptors (Lipinski definition) is 3. The molecule has 0 rings (SSSR count). The molecule has 0 bridgehead atoms. The first-order valence-electron chi connectivity index (χ1n) is 5.69. The van der Waals surface area contributed by atoms with Crippen molar-refractivity contribution in [2.24, 2.45) is 0 Å². The lowest BCUT2D eigenvalue weighted by atomic mass is 10.3. The normalized spacial score (nSPS) is 13.5. The Kier molecular flexibility index (Phi) is 9.35. The molecule has 0 aliphatic heterocycles. The average Bonchev–Trinajstić information content (AvgIpc) is 2.21. The van der Waals surface area contributed by atoms with Crippen LogP contribution in [0.5, 0.6) is 0 Å². The lowest BCUT2D eigenvalue weighted by Gasteiger charge is -2.24. The molecule has 3 nitrogen and oxygen atoms in total. The van der Waals surface area contributed by atoms with E-state index >= 15 is 0 Å². The molecular weight excluding hydrogens is 176 g/mol. The molecule has 0 fully saturated rings. The molecule has 0 spiro atoms. The van der Waals surface area contributed by atoms with Gasteiger partial charge in [-0.1, -0.05) is 13.8 Å². The molecule has 0 saturated heterocycles. The van der Waals surface area contributed by atoms with Gasteiger partial charge in [-0.2, -0.15) is 0 Å². The Morgan fingerprint density at radius 1 is 1.36 bits per heavy atom. The first kappa shape index (κ1) is 13.9. The highest BCUT2D eigenvalue weighted by atomic mass is 16.5.